The lowest BCUT2D eigenvalue weighted by Crippen LogP contribution is -2.32. The van der Waals surface area contributed by atoms with Crippen molar-refractivity contribution in [2.75, 3.05) is 11.4 Å². The van der Waals surface area contributed by atoms with Crippen LogP contribution in [0, 0.1) is 0 Å². The van der Waals surface area contributed by atoms with Crippen molar-refractivity contribution in [2.24, 2.45) is 16.5 Å². The molecule has 100 valence electrons. The Kier molecular flexibility index (Phi) is 3.96. The second-order valence-corrected chi connectivity index (χ2v) is 4.49. The molecule has 1 unspecified atom stereocenters. The first-order chi connectivity index (χ1) is 9.09. The molecule has 1 aromatic carbocycles. The van der Waals surface area contributed by atoms with E-state index in [1.54, 1.807) is 0 Å². The summed E-state index contributed by atoms with van der Waals surface area (Å²) in [5.41, 5.74) is 11.2. The number of rotatable bonds is 4. The number of hydrogen-bond acceptors (Lipinski definition) is 3. The normalized spacial score (nSPS) is 18.3. The molecule has 1 fully saturated rings. The second kappa shape index (κ2) is 5.66. The van der Waals surface area contributed by atoms with Crippen molar-refractivity contribution in [3.05, 3.63) is 30.3 Å². The number of hydrogen-bond donors (Lipinski definition) is 3. The largest absolute Gasteiger partial charge is 0.370 e. The molecule has 6 nitrogen and oxygen atoms in total. The molecule has 1 saturated heterocycles. The first-order valence-electron chi connectivity index (χ1n) is 5.84. The number of anilines is 1. The molecular weight excluding hydrogens is 262 g/mol. The summed E-state index contributed by atoms with van der Waals surface area (Å²) in [6.07, 6.45) is 0.500. The molecular formula is C12H15N5OS. The lowest BCUT2D eigenvalue weighted by atomic mass is 10.2. The quantitative estimate of drug-likeness (QED) is 0.407. The van der Waals surface area contributed by atoms with Crippen molar-refractivity contribution in [3.8, 4) is 0 Å². The van der Waals surface area contributed by atoms with E-state index < -0.39 is 0 Å². The predicted molar refractivity (Wildman–Crippen MR) is 78.7 cm³/mol. The van der Waals surface area contributed by atoms with E-state index in [1.165, 1.54) is 4.90 Å². The Morgan fingerprint density at radius 2 is 2.05 bits per heavy atom. The third kappa shape index (κ3) is 3.00. The van der Waals surface area contributed by atoms with E-state index in [0.717, 1.165) is 5.69 Å². The maximum Gasteiger partial charge on any atom is 0.255 e. The molecule has 2 rings (SSSR count). The van der Waals surface area contributed by atoms with Crippen LogP contribution in [0.25, 0.3) is 0 Å². The molecule has 5 N–H and O–H groups in total. The summed E-state index contributed by atoms with van der Waals surface area (Å²) in [6.45, 7) is 0.386. The van der Waals surface area contributed by atoms with Crippen LogP contribution >= 0.6 is 12.2 Å². The van der Waals surface area contributed by atoms with Crippen LogP contribution in [0.1, 0.15) is 6.42 Å². The van der Waals surface area contributed by atoms with Gasteiger partial charge in [0.2, 0.25) is 0 Å². The van der Waals surface area contributed by atoms with Crippen molar-refractivity contribution in [2.45, 2.75) is 12.5 Å². The minimum Gasteiger partial charge on any atom is -0.370 e. The summed E-state index contributed by atoms with van der Waals surface area (Å²) < 4.78 is 0. The zero-order chi connectivity index (χ0) is 13.8. The number of amides is 1. The monoisotopic (exact) mass is 277 g/mol. The fourth-order valence-electron chi connectivity index (χ4n) is 1.87. The van der Waals surface area contributed by atoms with E-state index in [2.05, 4.69) is 10.3 Å². The fraction of sp³-hybridized carbons (Fsp3) is 0.250. The van der Waals surface area contributed by atoms with Gasteiger partial charge in [0, 0.05) is 6.54 Å². The van der Waals surface area contributed by atoms with Gasteiger partial charge in [-0.25, -0.2) is 0 Å². The summed E-state index contributed by atoms with van der Waals surface area (Å²) in [5.74, 6) is -0.0602. The summed E-state index contributed by atoms with van der Waals surface area (Å²) in [7, 11) is 0. The number of nitrogens with two attached hydrogens (primary N) is 2. The summed E-state index contributed by atoms with van der Waals surface area (Å²) in [6, 6.07) is 8.90. The highest BCUT2D eigenvalue weighted by Gasteiger charge is 2.35. The topological polar surface area (TPSA) is 96.7 Å². The van der Waals surface area contributed by atoms with Crippen molar-refractivity contribution < 1.29 is 4.79 Å². The van der Waals surface area contributed by atoms with E-state index in [-0.39, 0.29) is 17.9 Å². The molecule has 0 spiro atoms. The van der Waals surface area contributed by atoms with Crippen LogP contribution in [0.4, 0.5) is 5.69 Å². The molecule has 0 radical (unpaired) electrons. The Morgan fingerprint density at radius 1 is 1.37 bits per heavy atom. The Hall–Kier alpha value is -2.15. The predicted octanol–water partition coefficient (Wildman–Crippen LogP) is -0.0602. The van der Waals surface area contributed by atoms with E-state index in [1.807, 2.05) is 30.3 Å². The van der Waals surface area contributed by atoms with Gasteiger partial charge in [-0.1, -0.05) is 18.2 Å². The highest BCUT2D eigenvalue weighted by Crippen LogP contribution is 2.20. The van der Waals surface area contributed by atoms with E-state index >= 15 is 0 Å². The third-order valence-corrected chi connectivity index (χ3v) is 3.05. The van der Waals surface area contributed by atoms with Crippen LogP contribution in [-0.2, 0) is 4.79 Å². The summed E-state index contributed by atoms with van der Waals surface area (Å²) in [5, 5.41) is 3.39. The number of carbonyl (C=O) groups excluding carboxylic acids is 1. The average molecular weight is 277 g/mol. The minimum atomic E-state index is -0.379. The van der Waals surface area contributed by atoms with E-state index in [0.29, 0.717) is 18.1 Å². The molecule has 0 bridgehead atoms. The van der Waals surface area contributed by atoms with Crippen LogP contribution < -0.4 is 21.7 Å². The standard InChI is InChI=1S/C12H15N5OS/c13-11(14)15-7-6-9-10(18)17(12(19)16-9)8-4-2-1-3-5-8/h1-5,9H,6-7H2,(H,16,19)(H4,13,14,15). The first-order valence-corrected chi connectivity index (χ1v) is 6.25. The van der Waals surface area contributed by atoms with Gasteiger partial charge in [0.05, 0.1) is 5.69 Å². The number of benzene rings is 1. The maximum absolute atomic E-state index is 12.3. The summed E-state index contributed by atoms with van der Waals surface area (Å²) in [4.78, 5) is 17.6. The van der Waals surface area contributed by atoms with E-state index in [9.17, 15) is 4.79 Å². The molecule has 1 atom stereocenters. The molecule has 1 aromatic rings. The highest BCUT2D eigenvalue weighted by molar-refractivity contribution is 7.80. The number of nitrogens with zero attached hydrogens (tertiary/aromatic N) is 2. The van der Waals surface area contributed by atoms with Gasteiger partial charge >= 0.3 is 0 Å². The van der Waals surface area contributed by atoms with Crippen LogP contribution in [0.5, 0.6) is 0 Å². The van der Waals surface area contributed by atoms with Gasteiger partial charge in [0.25, 0.3) is 5.91 Å². The maximum atomic E-state index is 12.3. The molecule has 1 heterocycles. The highest BCUT2D eigenvalue weighted by atomic mass is 32.1. The number of carbonyl (C=O) groups is 1. The summed E-state index contributed by atoms with van der Waals surface area (Å²) >= 11 is 5.19. The van der Waals surface area contributed by atoms with Gasteiger partial charge in [-0.3, -0.25) is 14.7 Å². The molecule has 19 heavy (non-hydrogen) atoms. The third-order valence-electron chi connectivity index (χ3n) is 2.75. The van der Waals surface area contributed by atoms with Crippen LogP contribution in [0.2, 0.25) is 0 Å². The Bertz CT molecular complexity index is 512. The van der Waals surface area contributed by atoms with Gasteiger partial charge in [-0.15, -0.1) is 0 Å². The lowest BCUT2D eigenvalue weighted by Gasteiger charge is -2.14. The Balaban J connectivity index is 2.07. The minimum absolute atomic E-state index is 0.0212. The van der Waals surface area contributed by atoms with Gasteiger partial charge in [0.1, 0.15) is 6.04 Å². The van der Waals surface area contributed by atoms with Gasteiger partial charge in [-0.2, -0.15) is 0 Å². The van der Waals surface area contributed by atoms with Gasteiger partial charge < -0.3 is 16.8 Å². The number of nitrogens with one attached hydrogen (secondary N) is 1. The lowest BCUT2D eigenvalue weighted by molar-refractivity contribution is -0.118. The van der Waals surface area contributed by atoms with Crippen molar-refractivity contribution in [3.63, 3.8) is 0 Å². The molecule has 0 saturated carbocycles. The Morgan fingerprint density at radius 3 is 2.68 bits per heavy atom. The van der Waals surface area contributed by atoms with E-state index in [4.69, 9.17) is 23.7 Å². The number of para-hydroxylation sites is 1. The van der Waals surface area contributed by atoms with Crippen molar-refractivity contribution >= 4 is 34.9 Å². The molecule has 7 heteroatoms. The smallest absolute Gasteiger partial charge is 0.255 e. The van der Waals surface area contributed by atoms with Crippen LogP contribution in [0.3, 0.4) is 0 Å². The number of thiocarbonyl (C=S) groups is 1. The SMILES string of the molecule is NC(N)=NCCC1NC(=S)N(c2ccccc2)C1=O. The first kappa shape index (κ1) is 13.3. The fourth-order valence-corrected chi connectivity index (χ4v) is 2.21. The van der Waals surface area contributed by atoms with Crippen LogP contribution in [0.15, 0.2) is 35.3 Å². The average Bonchev–Trinajstić information content (AvgIpc) is 2.65. The zero-order valence-electron chi connectivity index (χ0n) is 10.2. The molecule has 1 aliphatic heterocycles. The van der Waals surface area contributed by atoms with Crippen LogP contribution in [-0.4, -0.2) is 29.6 Å². The molecule has 1 amide bonds. The molecule has 1 aliphatic rings. The van der Waals surface area contributed by atoms with Crippen molar-refractivity contribution in [1.82, 2.24) is 5.32 Å². The van der Waals surface area contributed by atoms with Crippen molar-refractivity contribution in [1.29, 1.82) is 0 Å². The second-order valence-electron chi connectivity index (χ2n) is 4.11. The molecule has 0 aliphatic carbocycles. The van der Waals surface area contributed by atoms with Gasteiger partial charge in [-0.05, 0) is 30.8 Å². The number of aliphatic imine (C=N–C) groups is 1. The molecule has 0 aromatic heterocycles. The number of guanidine groups is 1. The Labute approximate surface area is 116 Å². The zero-order valence-corrected chi connectivity index (χ0v) is 11.1. The van der Waals surface area contributed by atoms with Gasteiger partial charge in [0.15, 0.2) is 11.1 Å².